The fourth-order valence-electron chi connectivity index (χ4n) is 1.97. The van der Waals surface area contributed by atoms with Gasteiger partial charge in [0.2, 0.25) is 10.0 Å². The Hall–Kier alpha value is -0.910. The van der Waals surface area contributed by atoms with E-state index in [2.05, 4.69) is 18.6 Å². The molecule has 0 saturated carbocycles. The zero-order chi connectivity index (χ0) is 16.3. The highest BCUT2D eigenvalue weighted by molar-refractivity contribution is 7.89. The first kappa shape index (κ1) is 18.1. The molecule has 0 saturated heterocycles. The van der Waals surface area contributed by atoms with Gasteiger partial charge >= 0.3 is 0 Å². The number of sulfonamides is 1. The Morgan fingerprint density at radius 1 is 1.19 bits per heavy atom. The summed E-state index contributed by atoms with van der Waals surface area (Å²) < 4.78 is 27.7. The summed E-state index contributed by atoms with van der Waals surface area (Å²) in [6, 6.07) is 7.11. The van der Waals surface area contributed by atoms with Crippen LogP contribution in [0.15, 0.2) is 29.2 Å². The smallest absolute Gasteiger partial charge is 0.241 e. The second-order valence-corrected chi connectivity index (χ2v) is 7.94. The van der Waals surface area contributed by atoms with Gasteiger partial charge in [0.25, 0.3) is 0 Å². The predicted molar refractivity (Wildman–Crippen MR) is 87.8 cm³/mol. The van der Waals surface area contributed by atoms with Crippen LogP contribution in [0.25, 0.3) is 0 Å². The highest BCUT2D eigenvalue weighted by Gasteiger charge is 2.32. The molecule has 1 rings (SSSR count). The van der Waals surface area contributed by atoms with Gasteiger partial charge in [-0.3, -0.25) is 0 Å². The molecule has 0 aromatic heterocycles. The van der Waals surface area contributed by atoms with E-state index in [1.807, 2.05) is 32.9 Å². The molecular formula is C16H28N2O2S. The first-order valence-electron chi connectivity index (χ1n) is 7.50. The van der Waals surface area contributed by atoms with Crippen LogP contribution in [0.4, 0.5) is 0 Å². The average molecular weight is 312 g/mol. The summed E-state index contributed by atoms with van der Waals surface area (Å²) in [5, 5.41) is 0. The van der Waals surface area contributed by atoms with Crippen LogP contribution in [0.2, 0.25) is 0 Å². The van der Waals surface area contributed by atoms with Gasteiger partial charge in [0.15, 0.2) is 0 Å². The molecule has 5 heteroatoms. The molecule has 3 N–H and O–H groups in total. The summed E-state index contributed by atoms with van der Waals surface area (Å²) in [7, 11) is -3.55. The van der Waals surface area contributed by atoms with E-state index in [-0.39, 0.29) is 17.4 Å². The Morgan fingerprint density at radius 3 is 2.10 bits per heavy atom. The normalized spacial score (nSPS) is 16.7. The predicted octanol–water partition coefficient (Wildman–Crippen LogP) is 2.85. The largest absolute Gasteiger partial charge is 0.329 e. The molecule has 0 amide bonds. The van der Waals surface area contributed by atoms with Crippen molar-refractivity contribution < 1.29 is 8.42 Å². The molecule has 2 unspecified atom stereocenters. The highest BCUT2D eigenvalue weighted by atomic mass is 32.2. The molecule has 0 aliphatic heterocycles. The van der Waals surface area contributed by atoms with Gasteiger partial charge in [-0.15, -0.1) is 0 Å². The minimum atomic E-state index is -3.55. The highest BCUT2D eigenvalue weighted by Crippen LogP contribution is 2.22. The molecule has 21 heavy (non-hydrogen) atoms. The van der Waals surface area contributed by atoms with Crippen LogP contribution in [0.5, 0.6) is 0 Å². The molecule has 0 aliphatic carbocycles. The molecule has 4 nitrogen and oxygen atoms in total. The van der Waals surface area contributed by atoms with Crippen molar-refractivity contribution >= 4 is 10.0 Å². The monoisotopic (exact) mass is 312 g/mol. The molecule has 0 heterocycles. The van der Waals surface area contributed by atoms with Crippen LogP contribution in [0.1, 0.15) is 52.5 Å². The number of nitrogens with one attached hydrogen (secondary N) is 1. The van der Waals surface area contributed by atoms with E-state index >= 15 is 0 Å². The molecule has 0 fully saturated rings. The third kappa shape index (κ3) is 4.28. The maximum Gasteiger partial charge on any atom is 0.241 e. The summed E-state index contributed by atoms with van der Waals surface area (Å²) in [6.07, 6.45) is 1.03. The molecule has 1 aromatic rings. The Bertz CT molecular complexity index is 552. The second kappa shape index (κ2) is 6.90. The Morgan fingerprint density at radius 2 is 1.71 bits per heavy atom. The van der Waals surface area contributed by atoms with E-state index in [9.17, 15) is 8.42 Å². The molecule has 120 valence electrons. The lowest BCUT2D eigenvalue weighted by atomic mass is 9.90. The van der Waals surface area contributed by atoms with Crippen molar-refractivity contribution in [2.75, 3.05) is 6.54 Å². The maximum absolute atomic E-state index is 12.5. The first-order chi connectivity index (χ1) is 9.66. The number of benzene rings is 1. The number of hydrogen-bond donors (Lipinski definition) is 2. The van der Waals surface area contributed by atoms with Crippen LogP contribution in [-0.2, 0) is 10.0 Å². The van der Waals surface area contributed by atoms with Gasteiger partial charge in [-0.1, -0.05) is 39.8 Å². The van der Waals surface area contributed by atoms with Crippen molar-refractivity contribution in [1.82, 2.24) is 4.72 Å². The third-order valence-corrected chi connectivity index (χ3v) is 6.07. The van der Waals surface area contributed by atoms with Crippen LogP contribution in [0, 0.1) is 5.92 Å². The Labute approximate surface area is 129 Å². The maximum atomic E-state index is 12.5. The number of rotatable bonds is 7. The van der Waals surface area contributed by atoms with Crippen molar-refractivity contribution in [2.24, 2.45) is 11.7 Å². The summed E-state index contributed by atoms with van der Waals surface area (Å²) in [4.78, 5) is 0.287. The van der Waals surface area contributed by atoms with E-state index < -0.39 is 15.6 Å². The standard InChI is InChI=1S/C16H28N2O2S/c1-6-13(4)14-7-9-15(10-8-14)21(19,20)18-16(5,11-17)12(2)3/h7-10,12-13,18H,6,11,17H2,1-5H3. The molecule has 0 spiro atoms. The summed E-state index contributed by atoms with van der Waals surface area (Å²) >= 11 is 0. The zero-order valence-electron chi connectivity index (χ0n) is 13.7. The van der Waals surface area contributed by atoms with Crippen molar-refractivity contribution in [1.29, 1.82) is 0 Å². The molecule has 0 radical (unpaired) electrons. The molecule has 1 aromatic carbocycles. The number of nitrogens with two attached hydrogens (primary N) is 1. The van der Waals surface area contributed by atoms with E-state index in [4.69, 9.17) is 5.73 Å². The van der Waals surface area contributed by atoms with Crippen molar-refractivity contribution in [3.63, 3.8) is 0 Å². The van der Waals surface area contributed by atoms with Gasteiger partial charge in [0, 0.05) is 12.1 Å². The van der Waals surface area contributed by atoms with Gasteiger partial charge in [-0.2, -0.15) is 0 Å². The van der Waals surface area contributed by atoms with E-state index in [0.717, 1.165) is 12.0 Å². The van der Waals surface area contributed by atoms with Crippen LogP contribution in [-0.4, -0.2) is 20.5 Å². The fraction of sp³-hybridized carbons (Fsp3) is 0.625. The van der Waals surface area contributed by atoms with Gasteiger partial charge in [-0.25, -0.2) is 13.1 Å². The SMILES string of the molecule is CCC(C)c1ccc(S(=O)(=O)NC(C)(CN)C(C)C)cc1. The summed E-state index contributed by atoms with van der Waals surface area (Å²) in [6.45, 7) is 10.3. The van der Waals surface area contributed by atoms with Crippen LogP contribution < -0.4 is 10.5 Å². The lowest BCUT2D eigenvalue weighted by molar-refractivity contribution is 0.315. The molecule has 2 atom stereocenters. The molecule has 0 bridgehead atoms. The van der Waals surface area contributed by atoms with E-state index in [1.54, 1.807) is 12.1 Å². The molecular weight excluding hydrogens is 284 g/mol. The van der Waals surface area contributed by atoms with Crippen LogP contribution >= 0.6 is 0 Å². The quantitative estimate of drug-likeness (QED) is 0.813. The topological polar surface area (TPSA) is 72.2 Å². The minimum Gasteiger partial charge on any atom is -0.329 e. The van der Waals surface area contributed by atoms with E-state index in [0.29, 0.717) is 5.92 Å². The van der Waals surface area contributed by atoms with E-state index in [1.165, 1.54) is 0 Å². The third-order valence-electron chi connectivity index (χ3n) is 4.44. The first-order valence-corrected chi connectivity index (χ1v) is 8.98. The lowest BCUT2D eigenvalue weighted by Gasteiger charge is -2.33. The minimum absolute atomic E-state index is 0.108. The number of hydrogen-bond acceptors (Lipinski definition) is 3. The van der Waals surface area contributed by atoms with Gasteiger partial charge in [0.1, 0.15) is 0 Å². The summed E-state index contributed by atoms with van der Waals surface area (Å²) in [5.41, 5.74) is 6.26. The fourth-order valence-corrected chi connectivity index (χ4v) is 3.52. The van der Waals surface area contributed by atoms with Crippen LogP contribution in [0.3, 0.4) is 0 Å². The van der Waals surface area contributed by atoms with Gasteiger partial charge < -0.3 is 5.73 Å². The molecule has 0 aliphatic rings. The van der Waals surface area contributed by atoms with Crippen molar-refractivity contribution in [3.05, 3.63) is 29.8 Å². The second-order valence-electron chi connectivity index (χ2n) is 6.26. The lowest BCUT2D eigenvalue weighted by Crippen LogP contribution is -2.54. The van der Waals surface area contributed by atoms with Crippen molar-refractivity contribution in [3.8, 4) is 0 Å². The average Bonchev–Trinajstić information content (AvgIpc) is 2.45. The van der Waals surface area contributed by atoms with Gasteiger partial charge in [0.05, 0.1) is 4.90 Å². The Kier molecular flexibility index (Phi) is 5.96. The zero-order valence-corrected chi connectivity index (χ0v) is 14.5. The van der Waals surface area contributed by atoms with Crippen molar-refractivity contribution in [2.45, 2.75) is 57.4 Å². The Balaban J connectivity index is 3.03. The van der Waals surface area contributed by atoms with Gasteiger partial charge in [-0.05, 0) is 42.9 Å². The summed E-state index contributed by atoms with van der Waals surface area (Å²) in [5.74, 6) is 0.538.